The van der Waals surface area contributed by atoms with Crippen LogP contribution in [0, 0.1) is 0 Å². The van der Waals surface area contributed by atoms with Crippen LogP contribution in [0.4, 0.5) is 0 Å². The summed E-state index contributed by atoms with van der Waals surface area (Å²) in [6.45, 7) is 5.57. The summed E-state index contributed by atoms with van der Waals surface area (Å²) in [4.78, 5) is 25.4. The number of aryl methyl sites for hydroxylation is 1. The Hall–Kier alpha value is -3.50. The van der Waals surface area contributed by atoms with E-state index in [9.17, 15) is 14.7 Å². The van der Waals surface area contributed by atoms with E-state index in [0.717, 1.165) is 0 Å². The van der Waals surface area contributed by atoms with Gasteiger partial charge in [-0.3, -0.25) is 4.68 Å². The van der Waals surface area contributed by atoms with E-state index < -0.39 is 23.6 Å². The second-order valence-corrected chi connectivity index (χ2v) is 9.93. The topological polar surface area (TPSA) is 118 Å². The van der Waals surface area contributed by atoms with Gasteiger partial charge in [0.2, 0.25) is 5.75 Å². The van der Waals surface area contributed by atoms with Crippen molar-refractivity contribution in [2.75, 3.05) is 27.9 Å². The highest BCUT2D eigenvalue weighted by molar-refractivity contribution is 6.35. The molecule has 206 valence electrons. The number of halogens is 1. The molecule has 11 heteroatoms. The van der Waals surface area contributed by atoms with Gasteiger partial charge in [-0.2, -0.15) is 5.10 Å². The lowest BCUT2D eigenvalue weighted by Crippen LogP contribution is -2.23. The largest absolute Gasteiger partial charge is 0.493 e. The van der Waals surface area contributed by atoms with Gasteiger partial charge in [0.15, 0.2) is 11.5 Å². The molecule has 0 saturated carbocycles. The minimum absolute atomic E-state index is 0.167. The van der Waals surface area contributed by atoms with Gasteiger partial charge in [0, 0.05) is 37.6 Å². The van der Waals surface area contributed by atoms with Gasteiger partial charge in [-0.25, -0.2) is 9.59 Å². The molecule has 1 N–H and O–H groups in total. The zero-order valence-corrected chi connectivity index (χ0v) is 23.1. The SMILES string of the molecule is COc1cc(C(=O)OC(CCO)CCn2cc3c(Cl)cc(C(=O)OC(C)(C)C)cc3n2)cc(OC)c1OC. The summed E-state index contributed by atoms with van der Waals surface area (Å²) in [5.41, 5.74) is 0.416. The number of aliphatic hydroxyl groups is 1. The second kappa shape index (κ2) is 12.4. The number of rotatable bonds is 11. The van der Waals surface area contributed by atoms with E-state index in [1.807, 2.05) is 0 Å². The van der Waals surface area contributed by atoms with Crippen LogP contribution in [0.25, 0.3) is 10.9 Å². The van der Waals surface area contributed by atoms with Crippen LogP contribution in [0.3, 0.4) is 0 Å². The first kappa shape index (κ1) is 29.1. The third-order valence-electron chi connectivity index (χ3n) is 5.56. The van der Waals surface area contributed by atoms with E-state index >= 15 is 0 Å². The molecule has 0 radical (unpaired) electrons. The van der Waals surface area contributed by atoms with Crippen molar-refractivity contribution >= 4 is 34.4 Å². The minimum atomic E-state index is -0.640. The Balaban J connectivity index is 1.75. The normalized spacial score (nSPS) is 12.2. The van der Waals surface area contributed by atoms with Gasteiger partial charge in [0.05, 0.1) is 43.0 Å². The van der Waals surface area contributed by atoms with Crippen LogP contribution in [0.15, 0.2) is 30.5 Å². The number of benzene rings is 2. The molecule has 0 aliphatic heterocycles. The summed E-state index contributed by atoms with van der Waals surface area (Å²) < 4.78 is 28.7. The molecule has 3 rings (SSSR count). The number of fused-ring (bicyclic) bond motifs is 1. The zero-order valence-electron chi connectivity index (χ0n) is 22.4. The fourth-order valence-corrected chi connectivity index (χ4v) is 4.06. The molecule has 0 bridgehead atoms. The Labute approximate surface area is 226 Å². The molecule has 3 aromatic rings. The Morgan fingerprint density at radius 3 is 2.16 bits per heavy atom. The summed E-state index contributed by atoms with van der Waals surface area (Å²) in [6.07, 6.45) is 1.78. The van der Waals surface area contributed by atoms with Crippen molar-refractivity contribution in [2.45, 2.75) is 51.9 Å². The number of aliphatic hydroxyl groups excluding tert-OH is 1. The number of carbonyl (C=O) groups is 2. The second-order valence-electron chi connectivity index (χ2n) is 9.53. The standard InChI is InChI=1S/C27H33ClN2O8/c1-27(2,3)38-26(33)16-11-20(28)19-15-30(29-21(19)12-16)9-7-18(8-10-31)37-25(32)17-13-22(34-4)24(36-6)23(14-17)35-5/h11-15,18,31H,7-10H2,1-6H3. The molecule has 0 aliphatic rings. The minimum Gasteiger partial charge on any atom is -0.493 e. The molecule has 2 aromatic carbocycles. The fourth-order valence-electron chi connectivity index (χ4n) is 3.80. The molecule has 0 saturated heterocycles. The van der Waals surface area contributed by atoms with Crippen LogP contribution in [0.5, 0.6) is 17.2 Å². The van der Waals surface area contributed by atoms with Crippen molar-refractivity contribution in [2.24, 2.45) is 0 Å². The van der Waals surface area contributed by atoms with Crippen LogP contribution in [-0.4, -0.2) is 66.5 Å². The Morgan fingerprint density at radius 1 is 0.974 bits per heavy atom. The number of aromatic nitrogens is 2. The molecule has 0 aliphatic carbocycles. The number of nitrogens with zero attached hydrogens (tertiary/aromatic N) is 2. The van der Waals surface area contributed by atoms with Crippen molar-refractivity contribution in [3.8, 4) is 17.2 Å². The van der Waals surface area contributed by atoms with Gasteiger partial charge in [0.25, 0.3) is 0 Å². The van der Waals surface area contributed by atoms with Gasteiger partial charge in [-0.1, -0.05) is 11.6 Å². The number of hydrogen-bond acceptors (Lipinski definition) is 9. The quantitative estimate of drug-likeness (QED) is 0.341. The van der Waals surface area contributed by atoms with Crippen molar-refractivity contribution < 1.29 is 38.4 Å². The predicted octanol–water partition coefficient (Wildman–Crippen LogP) is 4.67. The van der Waals surface area contributed by atoms with Crippen LogP contribution in [0.2, 0.25) is 5.02 Å². The van der Waals surface area contributed by atoms with E-state index in [4.69, 9.17) is 35.3 Å². The van der Waals surface area contributed by atoms with E-state index in [0.29, 0.717) is 51.7 Å². The third kappa shape index (κ3) is 7.08. The van der Waals surface area contributed by atoms with Gasteiger partial charge in [0.1, 0.15) is 11.7 Å². The average Bonchev–Trinajstić information content (AvgIpc) is 3.29. The lowest BCUT2D eigenvalue weighted by molar-refractivity contribution is 0.00687. The van der Waals surface area contributed by atoms with Gasteiger partial charge < -0.3 is 28.8 Å². The summed E-state index contributed by atoms with van der Waals surface area (Å²) in [5, 5.41) is 15.1. The molecule has 0 fully saturated rings. The van der Waals surface area contributed by atoms with E-state index in [1.54, 1.807) is 43.8 Å². The molecule has 0 spiro atoms. The van der Waals surface area contributed by atoms with Crippen molar-refractivity contribution in [1.29, 1.82) is 0 Å². The summed E-state index contributed by atoms with van der Waals surface area (Å²) in [7, 11) is 4.38. The van der Waals surface area contributed by atoms with E-state index in [2.05, 4.69) is 5.10 Å². The number of ether oxygens (including phenoxy) is 5. The van der Waals surface area contributed by atoms with Crippen LogP contribution < -0.4 is 14.2 Å². The smallest absolute Gasteiger partial charge is 0.338 e. The van der Waals surface area contributed by atoms with Crippen LogP contribution in [-0.2, 0) is 16.0 Å². The highest BCUT2D eigenvalue weighted by atomic mass is 35.5. The number of carbonyl (C=O) groups excluding carboxylic acids is 2. The Morgan fingerprint density at radius 2 is 1.61 bits per heavy atom. The number of esters is 2. The van der Waals surface area contributed by atoms with E-state index in [-0.39, 0.29) is 18.6 Å². The molecule has 0 amide bonds. The van der Waals surface area contributed by atoms with Crippen molar-refractivity contribution in [3.63, 3.8) is 0 Å². The fraction of sp³-hybridized carbons (Fsp3) is 0.444. The Kier molecular flexibility index (Phi) is 9.45. The third-order valence-corrected chi connectivity index (χ3v) is 5.87. The summed E-state index contributed by atoms with van der Waals surface area (Å²) in [6, 6.07) is 6.19. The lowest BCUT2D eigenvalue weighted by Gasteiger charge is -2.19. The first-order valence-electron chi connectivity index (χ1n) is 12.0. The maximum Gasteiger partial charge on any atom is 0.338 e. The number of methoxy groups -OCH3 is 3. The first-order chi connectivity index (χ1) is 18.0. The van der Waals surface area contributed by atoms with Crippen LogP contribution >= 0.6 is 11.6 Å². The van der Waals surface area contributed by atoms with Crippen LogP contribution in [0.1, 0.15) is 54.3 Å². The molecule has 1 heterocycles. The summed E-state index contributed by atoms with van der Waals surface area (Å²) in [5.74, 6) is -0.0830. The molecule has 1 unspecified atom stereocenters. The maximum absolute atomic E-state index is 12.9. The maximum atomic E-state index is 12.9. The average molecular weight is 549 g/mol. The lowest BCUT2D eigenvalue weighted by atomic mass is 10.1. The monoisotopic (exact) mass is 548 g/mol. The molecular formula is C27H33ClN2O8. The molecule has 10 nitrogen and oxygen atoms in total. The molecule has 38 heavy (non-hydrogen) atoms. The van der Waals surface area contributed by atoms with E-state index in [1.165, 1.54) is 33.5 Å². The summed E-state index contributed by atoms with van der Waals surface area (Å²) >= 11 is 6.42. The van der Waals surface area contributed by atoms with Gasteiger partial charge in [-0.05, 0) is 45.0 Å². The Bertz CT molecular complexity index is 1270. The highest BCUT2D eigenvalue weighted by Gasteiger charge is 2.22. The number of hydrogen-bond donors (Lipinski definition) is 1. The predicted molar refractivity (Wildman–Crippen MR) is 142 cm³/mol. The first-order valence-corrected chi connectivity index (χ1v) is 12.4. The van der Waals surface area contributed by atoms with Gasteiger partial charge in [-0.15, -0.1) is 0 Å². The van der Waals surface area contributed by atoms with Gasteiger partial charge >= 0.3 is 11.9 Å². The highest BCUT2D eigenvalue weighted by Crippen LogP contribution is 2.38. The van der Waals surface area contributed by atoms with Crippen molar-refractivity contribution in [1.82, 2.24) is 9.78 Å². The zero-order chi connectivity index (χ0) is 28.0. The molecule has 1 atom stereocenters. The molecule has 1 aromatic heterocycles. The van der Waals surface area contributed by atoms with Crippen molar-refractivity contribution in [3.05, 3.63) is 46.6 Å². The molecular weight excluding hydrogens is 516 g/mol.